The second kappa shape index (κ2) is 4.59. The van der Waals surface area contributed by atoms with Gasteiger partial charge in [0.25, 0.3) is 0 Å². The molecule has 92 valence electrons. The maximum Gasteiger partial charge on any atom is 0.411 e. The van der Waals surface area contributed by atoms with Crippen LogP contribution < -0.4 is 5.32 Å². The highest BCUT2D eigenvalue weighted by Gasteiger charge is 2.52. The van der Waals surface area contributed by atoms with E-state index in [2.05, 4.69) is 5.32 Å². The summed E-state index contributed by atoms with van der Waals surface area (Å²) in [5, 5.41) is 3.08. The molecule has 1 heterocycles. The molecule has 0 aromatic rings. The molecule has 1 nitrogen and oxygen atoms in total. The molecule has 0 spiro atoms. The maximum absolute atomic E-state index is 12.5. The van der Waals surface area contributed by atoms with Gasteiger partial charge in [-0.2, -0.15) is 13.2 Å². The van der Waals surface area contributed by atoms with Crippen LogP contribution in [0.3, 0.4) is 0 Å². The predicted octanol–water partition coefficient (Wildman–Crippen LogP) is 3.05. The first-order chi connectivity index (χ1) is 6.92. The van der Waals surface area contributed by atoms with Gasteiger partial charge in [-0.25, -0.2) is 0 Å². The van der Waals surface area contributed by atoms with Crippen molar-refractivity contribution in [3.8, 4) is 0 Å². The van der Waals surface area contributed by atoms with Gasteiger partial charge >= 0.3 is 6.18 Å². The minimum Gasteiger partial charge on any atom is -0.315 e. The Kier molecular flexibility index (Phi) is 3.98. The highest BCUT2D eigenvalue weighted by Crippen LogP contribution is 2.43. The van der Waals surface area contributed by atoms with Crippen LogP contribution in [0.2, 0.25) is 0 Å². The molecule has 1 saturated heterocycles. The van der Waals surface area contributed by atoms with Crippen molar-refractivity contribution in [2.24, 2.45) is 5.92 Å². The number of alkyl halides is 4. The Bertz CT molecular complexity index is 321. The van der Waals surface area contributed by atoms with Crippen LogP contribution in [-0.2, 0) is 0 Å². The first-order valence-electron chi connectivity index (χ1n) is 4.78. The number of allylic oxidation sites excluding steroid dienone is 3. The molecule has 2 aliphatic rings. The van der Waals surface area contributed by atoms with Crippen molar-refractivity contribution >= 4 is 24.0 Å². The summed E-state index contributed by atoms with van der Waals surface area (Å²) in [5.74, 6) is 0.357. The summed E-state index contributed by atoms with van der Waals surface area (Å²) in [7, 11) is 0. The quantitative estimate of drug-likeness (QED) is 0.725. The Hall–Kier alpha value is -0.190. The summed E-state index contributed by atoms with van der Waals surface area (Å²) >= 11 is 5.51. The average molecular weight is 274 g/mol. The summed E-state index contributed by atoms with van der Waals surface area (Å²) in [5.41, 5.74) is 0.967. The summed E-state index contributed by atoms with van der Waals surface area (Å²) in [6, 6.07) is 0. The van der Waals surface area contributed by atoms with E-state index in [9.17, 15) is 13.2 Å². The molecule has 1 aliphatic carbocycles. The summed E-state index contributed by atoms with van der Waals surface area (Å²) in [4.78, 5) is -2.20. The lowest BCUT2D eigenvalue weighted by atomic mass is 9.86. The predicted molar refractivity (Wildman–Crippen MR) is 60.1 cm³/mol. The van der Waals surface area contributed by atoms with Gasteiger partial charge in [-0.3, -0.25) is 0 Å². The standard InChI is InChI=1S/C10H11ClF3N.ClH/c11-9(10(12,13)14)3-1-7(2-4-9)8-5-15-6-8;/h1-3,8,15H,4-6H2;1H. The van der Waals surface area contributed by atoms with Crippen LogP contribution in [0.5, 0.6) is 0 Å². The number of hydrogen-bond acceptors (Lipinski definition) is 1. The van der Waals surface area contributed by atoms with Gasteiger partial charge in [0.05, 0.1) is 0 Å². The molecule has 0 amide bonds. The average Bonchev–Trinajstić information content (AvgIpc) is 2.04. The normalized spacial score (nSPS) is 30.4. The van der Waals surface area contributed by atoms with Crippen molar-refractivity contribution in [1.82, 2.24) is 5.32 Å². The van der Waals surface area contributed by atoms with Crippen LogP contribution in [0.4, 0.5) is 13.2 Å². The molecule has 0 radical (unpaired) electrons. The smallest absolute Gasteiger partial charge is 0.315 e. The molecule has 6 heteroatoms. The SMILES string of the molecule is Cl.FC(F)(F)C1(Cl)C=CC(C2CNC2)=CC1. The van der Waals surface area contributed by atoms with Crippen LogP contribution in [-0.4, -0.2) is 24.1 Å². The van der Waals surface area contributed by atoms with Gasteiger partial charge < -0.3 is 5.32 Å². The van der Waals surface area contributed by atoms with Crippen LogP contribution >= 0.6 is 24.0 Å². The zero-order chi connectivity index (χ0) is 11.1. The molecule has 1 N–H and O–H groups in total. The highest BCUT2D eigenvalue weighted by molar-refractivity contribution is 6.26. The van der Waals surface area contributed by atoms with Crippen LogP contribution in [0, 0.1) is 5.92 Å². The molecule has 16 heavy (non-hydrogen) atoms. The molecule has 1 atom stereocenters. The molecule has 1 fully saturated rings. The van der Waals surface area contributed by atoms with E-state index in [1.165, 1.54) is 6.08 Å². The van der Waals surface area contributed by atoms with Gasteiger partial charge in [0, 0.05) is 19.0 Å². The Morgan fingerprint density at radius 2 is 2.00 bits per heavy atom. The molecule has 0 aromatic carbocycles. The van der Waals surface area contributed by atoms with E-state index in [1.54, 1.807) is 6.08 Å². The third-order valence-corrected chi connectivity index (χ3v) is 3.39. The van der Waals surface area contributed by atoms with Crippen LogP contribution in [0.25, 0.3) is 0 Å². The molecular formula is C10H12Cl2F3N. The second-order valence-corrected chi connectivity index (χ2v) is 4.63. The Morgan fingerprint density at radius 3 is 2.31 bits per heavy atom. The van der Waals surface area contributed by atoms with Gasteiger partial charge in [0.2, 0.25) is 0 Å². The van der Waals surface area contributed by atoms with Crippen molar-refractivity contribution in [2.75, 3.05) is 13.1 Å². The second-order valence-electron chi connectivity index (χ2n) is 3.96. The number of nitrogens with one attached hydrogen (secondary N) is 1. The third-order valence-electron chi connectivity index (χ3n) is 2.90. The molecule has 0 saturated carbocycles. The van der Waals surface area contributed by atoms with E-state index in [4.69, 9.17) is 11.6 Å². The van der Waals surface area contributed by atoms with E-state index >= 15 is 0 Å². The molecule has 1 unspecified atom stereocenters. The summed E-state index contributed by atoms with van der Waals surface area (Å²) in [6.07, 6.45) is -0.366. The third kappa shape index (κ3) is 2.39. The fourth-order valence-corrected chi connectivity index (χ4v) is 1.81. The monoisotopic (exact) mass is 273 g/mol. The lowest BCUT2D eigenvalue weighted by molar-refractivity contribution is -0.149. The first kappa shape index (κ1) is 13.9. The Morgan fingerprint density at radius 1 is 1.38 bits per heavy atom. The zero-order valence-corrected chi connectivity index (χ0v) is 9.92. The number of halogens is 5. The van der Waals surface area contributed by atoms with Gasteiger partial charge in [0.15, 0.2) is 4.87 Å². The summed E-state index contributed by atoms with van der Waals surface area (Å²) in [6.45, 7) is 1.69. The van der Waals surface area contributed by atoms with Crippen molar-refractivity contribution in [2.45, 2.75) is 17.5 Å². The van der Waals surface area contributed by atoms with E-state index in [0.29, 0.717) is 5.92 Å². The van der Waals surface area contributed by atoms with E-state index in [1.807, 2.05) is 0 Å². The fourth-order valence-electron chi connectivity index (χ4n) is 1.67. The summed E-state index contributed by atoms with van der Waals surface area (Å²) < 4.78 is 37.6. The minimum atomic E-state index is -4.38. The maximum atomic E-state index is 12.5. The Labute approximate surface area is 103 Å². The Balaban J connectivity index is 0.00000128. The van der Waals surface area contributed by atoms with E-state index in [-0.39, 0.29) is 18.8 Å². The van der Waals surface area contributed by atoms with Crippen molar-refractivity contribution in [3.05, 3.63) is 23.8 Å². The largest absolute Gasteiger partial charge is 0.411 e. The topological polar surface area (TPSA) is 12.0 Å². The zero-order valence-electron chi connectivity index (χ0n) is 8.35. The van der Waals surface area contributed by atoms with Gasteiger partial charge in [-0.15, -0.1) is 24.0 Å². The van der Waals surface area contributed by atoms with Crippen LogP contribution in [0.15, 0.2) is 23.8 Å². The van der Waals surface area contributed by atoms with Gasteiger partial charge in [-0.1, -0.05) is 18.2 Å². The minimum absolute atomic E-state index is 0. The van der Waals surface area contributed by atoms with Gasteiger partial charge in [-0.05, 0) is 12.0 Å². The van der Waals surface area contributed by atoms with Crippen LogP contribution in [0.1, 0.15) is 6.42 Å². The molecule has 1 aliphatic heterocycles. The van der Waals surface area contributed by atoms with E-state index in [0.717, 1.165) is 24.7 Å². The highest BCUT2D eigenvalue weighted by atomic mass is 35.5. The van der Waals surface area contributed by atoms with Crippen molar-refractivity contribution in [1.29, 1.82) is 0 Å². The molecule has 0 aromatic heterocycles. The molecular weight excluding hydrogens is 262 g/mol. The fraction of sp³-hybridized carbons (Fsp3) is 0.600. The lowest BCUT2D eigenvalue weighted by Crippen LogP contribution is -2.44. The van der Waals surface area contributed by atoms with Crippen molar-refractivity contribution in [3.63, 3.8) is 0 Å². The molecule has 0 bridgehead atoms. The van der Waals surface area contributed by atoms with E-state index < -0.39 is 11.1 Å². The number of rotatable bonds is 1. The molecule has 2 rings (SSSR count). The van der Waals surface area contributed by atoms with Gasteiger partial charge in [0.1, 0.15) is 0 Å². The number of hydrogen-bond donors (Lipinski definition) is 1. The lowest BCUT2D eigenvalue weighted by Gasteiger charge is -2.33. The first-order valence-corrected chi connectivity index (χ1v) is 5.16. The van der Waals surface area contributed by atoms with Crippen molar-refractivity contribution < 1.29 is 13.2 Å².